The highest BCUT2D eigenvalue weighted by atomic mass is 32.2. The molecule has 1 unspecified atom stereocenters. The van der Waals surface area contributed by atoms with E-state index in [9.17, 15) is 9.90 Å². The minimum absolute atomic E-state index is 0.0793. The van der Waals surface area contributed by atoms with E-state index < -0.39 is 0 Å². The van der Waals surface area contributed by atoms with Crippen molar-refractivity contribution in [2.45, 2.75) is 39.5 Å². The fourth-order valence-corrected chi connectivity index (χ4v) is 4.28. The molecule has 1 amide bonds. The van der Waals surface area contributed by atoms with Gasteiger partial charge >= 0.3 is 0 Å². The smallest absolute Gasteiger partial charge is 0.224 e. The highest BCUT2D eigenvalue weighted by molar-refractivity contribution is 7.99. The van der Waals surface area contributed by atoms with Crippen LogP contribution in [0.3, 0.4) is 0 Å². The van der Waals surface area contributed by atoms with Gasteiger partial charge in [-0.15, -0.1) is 11.8 Å². The van der Waals surface area contributed by atoms with Crippen LogP contribution in [-0.2, 0) is 4.79 Å². The normalized spacial score (nSPS) is 18.6. The molecule has 5 heteroatoms. The molecule has 1 atom stereocenters. The summed E-state index contributed by atoms with van der Waals surface area (Å²) in [6.07, 6.45) is 0.589. The first-order chi connectivity index (χ1) is 11.0. The van der Waals surface area contributed by atoms with E-state index in [4.69, 9.17) is 0 Å². The SMILES string of the molecule is CCN(CC)c1ccc(C2SCCC(=O)N2CC(C)C)c(O)c1. The third-order valence-corrected chi connectivity index (χ3v) is 5.43. The van der Waals surface area contributed by atoms with Gasteiger partial charge in [0.15, 0.2) is 0 Å². The molecule has 1 N–H and O–H groups in total. The molecular formula is C18H28N2O2S. The fourth-order valence-electron chi connectivity index (χ4n) is 3.00. The number of phenols is 1. The Bertz CT molecular complexity index is 544. The van der Waals surface area contributed by atoms with Gasteiger partial charge in [0, 0.05) is 49.1 Å². The molecule has 1 heterocycles. The third-order valence-electron chi connectivity index (χ3n) is 4.17. The molecule has 1 aromatic rings. The van der Waals surface area contributed by atoms with E-state index >= 15 is 0 Å². The fraction of sp³-hybridized carbons (Fsp3) is 0.611. The van der Waals surface area contributed by atoms with Crippen molar-refractivity contribution in [3.63, 3.8) is 0 Å². The van der Waals surface area contributed by atoms with Crippen molar-refractivity contribution in [2.75, 3.05) is 30.3 Å². The Hall–Kier alpha value is -1.36. The predicted octanol–water partition coefficient (Wildman–Crippen LogP) is 3.86. The molecule has 0 aromatic heterocycles. The molecule has 0 aliphatic carbocycles. The molecular weight excluding hydrogens is 308 g/mol. The molecule has 1 aliphatic rings. The Morgan fingerprint density at radius 3 is 2.61 bits per heavy atom. The first-order valence-corrected chi connectivity index (χ1v) is 9.51. The Kier molecular flexibility index (Phi) is 6.22. The number of carbonyl (C=O) groups is 1. The summed E-state index contributed by atoms with van der Waals surface area (Å²) in [6, 6.07) is 5.86. The second-order valence-electron chi connectivity index (χ2n) is 6.33. The van der Waals surface area contributed by atoms with Crippen LogP contribution in [0, 0.1) is 5.92 Å². The first kappa shape index (κ1) is 18.0. The number of aromatic hydroxyl groups is 1. The lowest BCUT2D eigenvalue weighted by molar-refractivity contribution is -0.132. The van der Waals surface area contributed by atoms with Crippen LogP contribution in [0.1, 0.15) is 45.1 Å². The van der Waals surface area contributed by atoms with Crippen molar-refractivity contribution >= 4 is 23.4 Å². The maximum Gasteiger partial charge on any atom is 0.224 e. The Morgan fingerprint density at radius 1 is 1.35 bits per heavy atom. The lowest BCUT2D eigenvalue weighted by Crippen LogP contribution is -2.39. The van der Waals surface area contributed by atoms with Crippen molar-refractivity contribution in [3.05, 3.63) is 23.8 Å². The molecule has 2 rings (SSSR count). The van der Waals surface area contributed by atoms with Crippen molar-refractivity contribution < 1.29 is 9.90 Å². The number of benzene rings is 1. The summed E-state index contributed by atoms with van der Waals surface area (Å²) >= 11 is 1.74. The van der Waals surface area contributed by atoms with Gasteiger partial charge in [0.25, 0.3) is 0 Å². The second-order valence-corrected chi connectivity index (χ2v) is 7.52. The van der Waals surface area contributed by atoms with Crippen LogP contribution in [0.5, 0.6) is 5.75 Å². The molecule has 1 saturated heterocycles. The van der Waals surface area contributed by atoms with E-state index in [1.165, 1.54) is 0 Å². The topological polar surface area (TPSA) is 43.8 Å². The average Bonchev–Trinajstić information content (AvgIpc) is 2.51. The lowest BCUT2D eigenvalue weighted by Gasteiger charge is -2.37. The summed E-state index contributed by atoms with van der Waals surface area (Å²) in [7, 11) is 0. The number of rotatable bonds is 6. The molecule has 0 saturated carbocycles. The summed E-state index contributed by atoms with van der Waals surface area (Å²) in [6.45, 7) is 11.0. The number of anilines is 1. The van der Waals surface area contributed by atoms with Crippen LogP contribution in [0.4, 0.5) is 5.69 Å². The number of phenolic OH excluding ortho intramolecular Hbond substituents is 1. The van der Waals surface area contributed by atoms with Crippen molar-refractivity contribution in [1.82, 2.24) is 4.90 Å². The number of carbonyl (C=O) groups excluding carboxylic acids is 1. The van der Waals surface area contributed by atoms with E-state index in [1.807, 2.05) is 17.0 Å². The van der Waals surface area contributed by atoms with Crippen LogP contribution in [0.15, 0.2) is 18.2 Å². The van der Waals surface area contributed by atoms with Crippen LogP contribution >= 0.6 is 11.8 Å². The highest BCUT2D eigenvalue weighted by Crippen LogP contribution is 2.42. The minimum Gasteiger partial charge on any atom is -0.507 e. The third kappa shape index (κ3) is 4.14. The quantitative estimate of drug-likeness (QED) is 0.857. The highest BCUT2D eigenvalue weighted by Gasteiger charge is 2.31. The summed E-state index contributed by atoms with van der Waals surface area (Å²) in [4.78, 5) is 16.4. The molecule has 128 valence electrons. The molecule has 0 bridgehead atoms. The monoisotopic (exact) mass is 336 g/mol. The number of hydrogen-bond donors (Lipinski definition) is 1. The zero-order valence-electron chi connectivity index (χ0n) is 14.6. The predicted molar refractivity (Wildman–Crippen MR) is 98.0 cm³/mol. The number of hydrogen-bond acceptors (Lipinski definition) is 4. The number of thioether (sulfide) groups is 1. The van der Waals surface area contributed by atoms with Gasteiger partial charge in [0.1, 0.15) is 11.1 Å². The summed E-state index contributed by atoms with van der Waals surface area (Å²) < 4.78 is 0. The van der Waals surface area contributed by atoms with E-state index in [0.717, 1.165) is 36.6 Å². The average molecular weight is 337 g/mol. The van der Waals surface area contributed by atoms with Gasteiger partial charge in [-0.1, -0.05) is 19.9 Å². The van der Waals surface area contributed by atoms with Gasteiger partial charge in [-0.25, -0.2) is 0 Å². The zero-order chi connectivity index (χ0) is 17.0. The number of nitrogens with zero attached hydrogens (tertiary/aromatic N) is 2. The van der Waals surface area contributed by atoms with Gasteiger partial charge < -0.3 is 14.9 Å². The zero-order valence-corrected chi connectivity index (χ0v) is 15.4. The maximum absolute atomic E-state index is 12.3. The second kappa shape index (κ2) is 7.95. The van der Waals surface area contributed by atoms with E-state index in [2.05, 4.69) is 38.7 Å². The van der Waals surface area contributed by atoms with Gasteiger partial charge in [-0.2, -0.15) is 0 Å². The molecule has 23 heavy (non-hydrogen) atoms. The summed E-state index contributed by atoms with van der Waals surface area (Å²) in [5, 5.41) is 10.5. The van der Waals surface area contributed by atoms with Crippen LogP contribution in [0.2, 0.25) is 0 Å². The largest absolute Gasteiger partial charge is 0.507 e. The molecule has 0 spiro atoms. The van der Waals surface area contributed by atoms with Crippen molar-refractivity contribution in [3.8, 4) is 5.75 Å². The standard InChI is InChI=1S/C18H28N2O2S/c1-5-19(6-2)14-7-8-15(16(21)11-14)18-20(12-13(3)4)17(22)9-10-23-18/h7-8,11,13,18,21H,5-6,9-10,12H2,1-4H3. The van der Waals surface area contributed by atoms with Gasteiger partial charge in [0.05, 0.1) is 0 Å². The minimum atomic E-state index is -0.0793. The van der Waals surface area contributed by atoms with Gasteiger partial charge in [-0.3, -0.25) is 4.79 Å². The van der Waals surface area contributed by atoms with Crippen LogP contribution in [-0.4, -0.2) is 41.3 Å². The van der Waals surface area contributed by atoms with Crippen molar-refractivity contribution in [2.24, 2.45) is 5.92 Å². The van der Waals surface area contributed by atoms with E-state index in [-0.39, 0.29) is 17.0 Å². The molecule has 0 radical (unpaired) electrons. The van der Waals surface area contributed by atoms with E-state index in [0.29, 0.717) is 12.3 Å². The first-order valence-electron chi connectivity index (χ1n) is 8.46. The molecule has 1 aliphatic heterocycles. The summed E-state index contributed by atoms with van der Waals surface area (Å²) in [5.41, 5.74) is 1.87. The number of amides is 1. The van der Waals surface area contributed by atoms with Crippen LogP contribution in [0.25, 0.3) is 0 Å². The Morgan fingerprint density at radius 2 is 2.04 bits per heavy atom. The molecule has 4 nitrogen and oxygen atoms in total. The van der Waals surface area contributed by atoms with Gasteiger partial charge in [-0.05, 0) is 25.8 Å². The Balaban J connectivity index is 2.29. The van der Waals surface area contributed by atoms with Crippen LogP contribution < -0.4 is 4.90 Å². The molecule has 1 fully saturated rings. The van der Waals surface area contributed by atoms with E-state index in [1.54, 1.807) is 11.8 Å². The summed E-state index contributed by atoms with van der Waals surface area (Å²) in [5.74, 6) is 1.71. The van der Waals surface area contributed by atoms with Gasteiger partial charge in [0.2, 0.25) is 5.91 Å². The Labute approximate surface area is 143 Å². The molecule has 1 aromatic carbocycles. The lowest BCUT2D eigenvalue weighted by atomic mass is 10.1. The van der Waals surface area contributed by atoms with Crippen molar-refractivity contribution in [1.29, 1.82) is 0 Å². The maximum atomic E-state index is 12.3.